The van der Waals surface area contributed by atoms with E-state index in [-0.39, 0.29) is 11.7 Å². The molecule has 2 aromatic heterocycles. The standard InChI is InChI=1S/C20H31N3O3S/c1-4-9-23(10-14(24)12-26-13(2)3)11-17-21-19(25)18-15-7-5-6-8-16(15)27-20(18)22-17/h13-14,24H,4-12H2,1-3H3,(H,21,22,25)/t14-/m0/s1. The van der Waals surface area contributed by atoms with Gasteiger partial charge in [0.2, 0.25) is 0 Å². The lowest BCUT2D eigenvalue weighted by Crippen LogP contribution is -2.36. The van der Waals surface area contributed by atoms with Gasteiger partial charge in [-0.15, -0.1) is 11.3 Å². The van der Waals surface area contributed by atoms with Gasteiger partial charge in [0.25, 0.3) is 5.56 Å². The number of hydrogen-bond acceptors (Lipinski definition) is 6. The highest BCUT2D eigenvalue weighted by Gasteiger charge is 2.20. The largest absolute Gasteiger partial charge is 0.389 e. The summed E-state index contributed by atoms with van der Waals surface area (Å²) in [5.74, 6) is 0.677. The molecule has 0 fully saturated rings. The van der Waals surface area contributed by atoms with Crippen molar-refractivity contribution < 1.29 is 9.84 Å². The second kappa shape index (κ2) is 9.28. The van der Waals surface area contributed by atoms with Crippen LogP contribution in [0.25, 0.3) is 10.2 Å². The van der Waals surface area contributed by atoms with E-state index < -0.39 is 6.10 Å². The van der Waals surface area contributed by atoms with E-state index in [2.05, 4.69) is 16.8 Å². The number of aromatic amines is 1. The minimum absolute atomic E-state index is 0.0189. The molecule has 0 saturated carbocycles. The molecule has 1 atom stereocenters. The third-order valence-electron chi connectivity index (χ3n) is 4.88. The number of nitrogens with one attached hydrogen (secondary N) is 1. The summed E-state index contributed by atoms with van der Waals surface area (Å²) < 4.78 is 5.51. The third-order valence-corrected chi connectivity index (χ3v) is 6.06. The predicted molar refractivity (Wildman–Crippen MR) is 110 cm³/mol. The summed E-state index contributed by atoms with van der Waals surface area (Å²) in [5, 5.41) is 11.1. The monoisotopic (exact) mass is 393 g/mol. The molecule has 0 saturated heterocycles. The molecule has 0 spiro atoms. The Kier molecular flexibility index (Phi) is 7.03. The van der Waals surface area contributed by atoms with Crippen molar-refractivity contribution in [3.8, 4) is 0 Å². The van der Waals surface area contributed by atoms with Crippen molar-refractivity contribution in [3.63, 3.8) is 0 Å². The van der Waals surface area contributed by atoms with Crippen LogP contribution >= 0.6 is 11.3 Å². The smallest absolute Gasteiger partial charge is 0.259 e. The molecule has 0 radical (unpaired) electrons. The molecule has 0 amide bonds. The molecule has 2 aromatic rings. The molecule has 2 N–H and O–H groups in total. The van der Waals surface area contributed by atoms with Gasteiger partial charge in [-0.05, 0) is 58.1 Å². The van der Waals surface area contributed by atoms with Crippen molar-refractivity contribution >= 4 is 21.6 Å². The van der Waals surface area contributed by atoms with Crippen molar-refractivity contribution in [2.75, 3.05) is 19.7 Å². The lowest BCUT2D eigenvalue weighted by atomic mass is 9.97. The van der Waals surface area contributed by atoms with Gasteiger partial charge in [0.15, 0.2) is 0 Å². The zero-order chi connectivity index (χ0) is 19.4. The van der Waals surface area contributed by atoms with Crippen LogP contribution in [0.2, 0.25) is 0 Å². The van der Waals surface area contributed by atoms with E-state index in [9.17, 15) is 9.90 Å². The molecule has 0 aliphatic heterocycles. The number of ether oxygens (including phenoxy) is 1. The Hall–Kier alpha value is -1.28. The number of thiophene rings is 1. The minimum atomic E-state index is -0.552. The van der Waals surface area contributed by atoms with Crippen molar-refractivity contribution in [1.82, 2.24) is 14.9 Å². The maximum atomic E-state index is 12.7. The zero-order valence-electron chi connectivity index (χ0n) is 16.6. The highest BCUT2D eigenvalue weighted by Crippen LogP contribution is 2.33. The number of hydrogen-bond donors (Lipinski definition) is 2. The third kappa shape index (κ3) is 5.16. The van der Waals surface area contributed by atoms with Crippen LogP contribution in [0, 0.1) is 0 Å². The first-order valence-electron chi connectivity index (χ1n) is 10.0. The van der Waals surface area contributed by atoms with Crippen LogP contribution in [0.15, 0.2) is 4.79 Å². The Balaban J connectivity index is 1.75. The molecule has 1 aliphatic carbocycles. The fourth-order valence-electron chi connectivity index (χ4n) is 3.70. The molecule has 2 heterocycles. The zero-order valence-corrected chi connectivity index (χ0v) is 17.4. The van der Waals surface area contributed by atoms with Crippen LogP contribution in [0.5, 0.6) is 0 Å². The number of aryl methyl sites for hydroxylation is 2. The number of nitrogens with zero attached hydrogens (tertiary/aromatic N) is 2. The lowest BCUT2D eigenvalue weighted by Gasteiger charge is -2.24. The molecule has 27 heavy (non-hydrogen) atoms. The first kappa shape index (κ1) is 20.5. The van der Waals surface area contributed by atoms with Gasteiger partial charge in [0.05, 0.1) is 30.7 Å². The normalized spacial score (nSPS) is 15.6. The summed E-state index contributed by atoms with van der Waals surface area (Å²) in [4.78, 5) is 24.8. The van der Waals surface area contributed by atoms with Gasteiger partial charge in [0, 0.05) is 11.4 Å². The number of H-pyrrole nitrogens is 1. The highest BCUT2D eigenvalue weighted by atomic mass is 32.1. The summed E-state index contributed by atoms with van der Waals surface area (Å²) in [6.45, 7) is 8.21. The predicted octanol–water partition coefficient (Wildman–Crippen LogP) is 2.86. The number of aliphatic hydroxyl groups excluding tert-OH is 1. The SMILES string of the molecule is CCCN(Cc1nc2sc3c(c2c(=O)[nH]1)CCCC3)C[C@H](O)COC(C)C. The van der Waals surface area contributed by atoms with Gasteiger partial charge in [-0.2, -0.15) is 0 Å². The maximum absolute atomic E-state index is 12.7. The fraction of sp³-hybridized carbons (Fsp3) is 0.700. The van der Waals surface area contributed by atoms with Crippen LogP contribution in [0.3, 0.4) is 0 Å². The first-order valence-corrected chi connectivity index (χ1v) is 10.8. The van der Waals surface area contributed by atoms with E-state index >= 15 is 0 Å². The minimum Gasteiger partial charge on any atom is -0.389 e. The first-order chi connectivity index (χ1) is 13.0. The molecule has 6 nitrogen and oxygen atoms in total. The molecule has 0 bridgehead atoms. The average Bonchev–Trinajstić information content (AvgIpc) is 2.98. The van der Waals surface area contributed by atoms with Gasteiger partial charge in [-0.3, -0.25) is 9.69 Å². The van der Waals surface area contributed by atoms with Gasteiger partial charge in [-0.25, -0.2) is 4.98 Å². The summed E-state index contributed by atoms with van der Waals surface area (Å²) in [5.41, 5.74) is 1.20. The lowest BCUT2D eigenvalue weighted by molar-refractivity contribution is -0.00977. The van der Waals surface area contributed by atoms with E-state index in [1.165, 1.54) is 16.9 Å². The molecule has 1 aliphatic rings. The summed E-state index contributed by atoms with van der Waals surface area (Å²) in [6.07, 6.45) is 4.93. The molecule has 7 heteroatoms. The van der Waals surface area contributed by atoms with Gasteiger partial charge in [0.1, 0.15) is 10.7 Å². The Bertz CT molecular complexity index is 815. The fourth-order valence-corrected chi connectivity index (χ4v) is 4.98. The van der Waals surface area contributed by atoms with E-state index in [1.807, 2.05) is 13.8 Å². The summed E-state index contributed by atoms with van der Waals surface area (Å²) in [7, 11) is 0. The highest BCUT2D eigenvalue weighted by molar-refractivity contribution is 7.18. The number of rotatable bonds is 9. The van der Waals surface area contributed by atoms with E-state index in [0.29, 0.717) is 25.5 Å². The Morgan fingerprint density at radius 1 is 1.33 bits per heavy atom. The van der Waals surface area contributed by atoms with Crippen LogP contribution in [0.1, 0.15) is 56.3 Å². The van der Waals surface area contributed by atoms with Crippen molar-refractivity contribution in [2.24, 2.45) is 0 Å². The molecule has 150 valence electrons. The van der Waals surface area contributed by atoms with Crippen molar-refractivity contribution in [1.29, 1.82) is 0 Å². The van der Waals surface area contributed by atoms with Crippen molar-refractivity contribution in [2.45, 2.75) is 71.6 Å². The average molecular weight is 394 g/mol. The molecule has 0 unspecified atom stereocenters. The van der Waals surface area contributed by atoms with Gasteiger partial charge < -0.3 is 14.8 Å². The molecular weight excluding hydrogens is 362 g/mol. The van der Waals surface area contributed by atoms with E-state index in [0.717, 1.165) is 42.4 Å². The van der Waals surface area contributed by atoms with Gasteiger partial charge >= 0.3 is 0 Å². The number of fused-ring (bicyclic) bond motifs is 3. The van der Waals surface area contributed by atoms with Crippen molar-refractivity contribution in [3.05, 3.63) is 26.6 Å². The Morgan fingerprint density at radius 2 is 2.11 bits per heavy atom. The summed E-state index contributed by atoms with van der Waals surface area (Å²) in [6, 6.07) is 0. The second-order valence-corrected chi connectivity index (χ2v) is 8.76. The number of aromatic nitrogens is 2. The molecular formula is C20H31N3O3S. The molecule has 3 rings (SSSR count). The summed E-state index contributed by atoms with van der Waals surface area (Å²) >= 11 is 1.67. The Labute approximate surface area is 164 Å². The van der Waals surface area contributed by atoms with Crippen LogP contribution < -0.4 is 5.56 Å². The number of aliphatic hydroxyl groups is 1. The second-order valence-electron chi connectivity index (χ2n) is 7.67. The Morgan fingerprint density at radius 3 is 2.85 bits per heavy atom. The molecule has 0 aromatic carbocycles. The van der Waals surface area contributed by atoms with E-state index in [1.54, 1.807) is 11.3 Å². The van der Waals surface area contributed by atoms with Crippen LogP contribution in [-0.2, 0) is 24.1 Å². The topological polar surface area (TPSA) is 78.5 Å². The van der Waals surface area contributed by atoms with E-state index in [4.69, 9.17) is 9.72 Å². The van der Waals surface area contributed by atoms with Crippen LogP contribution in [-0.4, -0.2) is 51.9 Å². The van der Waals surface area contributed by atoms with Gasteiger partial charge in [-0.1, -0.05) is 6.92 Å². The van der Waals surface area contributed by atoms with Crippen LogP contribution in [0.4, 0.5) is 0 Å². The quantitative estimate of drug-likeness (QED) is 0.685. The maximum Gasteiger partial charge on any atom is 0.259 e.